The van der Waals surface area contributed by atoms with Gasteiger partial charge in [-0.1, -0.05) is 13.3 Å². The van der Waals surface area contributed by atoms with Gasteiger partial charge in [0.2, 0.25) is 0 Å². The molecule has 1 saturated heterocycles. The quantitative estimate of drug-likeness (QED) is 0.836. The molecule has 1 aliphatic carbocycles. The fraction of sp³-hybridized carbons (Fsp3) is 0.941. The standard InChI is InChI=1S/C17H32N2O2S/c1-5-22-15-10-6-9-14(15)18-12-13-8-7-11-19(13)16(20)21-17(2,3)4/h13-15,18H,5-12H2,1-4H3. The van der Waals surface area contributed by atoms with Crippen LogP contribution < -0.4 is 5.32 Å². The Morgan fingerprint density at radius 1 is 1.27 bits per heavy atom. The molecular weight excluding hydrogens is 296 g/mol. The Labute approximate surface area is 139 Å². The van der Waals surface area contributed by atoms with Gasteiger partial charge in [-0.05, 0) is 52.2 Å². The third-order valence-corrected chi connectivity index (χ3v) is 5.78. The molecule has 1 amide bonds. The van der Waals surface area contributed by atoms with Crippen molar-refractivity contribution in [2.45, 2.75) is 82.7 Å². The zero-order valence-corrected chi connectivity index (χ0v) is 15.4. The summed E-state index contributed by atoms with van der Waals surface area (Å²) in [6, 6.07) is 0.911. The van der Waals surface area contributed by atoms with Crippen LogP contribution in [0.3, 0.4) is 0 Å². The van der Waals surface area contributed by atoms with E-state index >= 15 is 0 Å². The number of amides is 1. The summed E-state index contributed by atoms with van der Waals surface area (Å²) in [4.78, 5) is 14.2. The zero-order valence-electron chi connectivity index (χ0n) is 14.6. The number of carbonyl (C=O) groups excluding carboxylic acids is 1. The minimum atomic E-state index is -0.411. The molecule has 1 saturated carbocycles. The van der Waals surface area contributed by atoms with E-state index in [0.29, 0.717) is 12.1 Å². The fourth-order valence-electron chi connectivity index (χ4n) is 3.47. The van der Waals surface area contributed by atoms with E-state index in [1.54, 1.807) is 0 Å². The molecule has 1 aliphatic heterocycles. The summed E-state index contributed by atoms with van der Waals surface area (Å²) in [5, 5.41) is 4.49. The van der Waals surface area contributed by atoms with Crippen LogP contribution in [0.25, 0.3) is 0 Å². The Morgan fingerprint density at radius 2 is 2.05 bits per heavy atom. The van der Waals surface area contributed by atoms with Crippen molar-refractivity contribution in [1.82, 2.24) is 10.2 Å². The van der Waals surface area contributed by atoms with Crippen LogP contribution >= 0.6 is 11.8 Å². The summed E-state index contributed by atoms with van der Waals surface area (Å²) in [6.07, 6.45) is 5.96. The normalized spacial score (nSPS) is 29.1. The molecule has 5 heteroatoms. The molecule has 2 rings (SSSR count). The van der Waals surface area contributed by atoms with Gasteiger partial charge in [-0.2, -0.15) is 11.8 Å². The summed E-state index contributed by atoms with van der Waals surface area (Å²) in [7, 11) is 0. The van der Waals surface area contributed by atoms with Gasteiger partial charge in [0.15, 0.2) is 0 Å². The average molecular weight is 329 g/mol. The second-order valence-electron chi connectivity index (χ2n) is 7.41. The maximum Gasteiger partial charge on any atom is 0.410 e. The molecule has 2 fully saturated rings. The highest BCUT2D eigenvalue weighted by molar-refractivity contribution is 7.99. The van der Waals surface area contributed by atoms with Crippen molar-refractivity contribution in [3.05, 3.63) is 0 Å². The van der Waals surface area contributed by atoms with Crippen LogP contribution in [0.2, 0.25) is 0 Å². The average Bonchev–Trinajstić information content (AvgIpc) is 3.03. The minimum Gasteiger partial charge on any atom is -0.444 e. The van der Waals surface area contributed by atoms with Gasteiger partial charge in [0.25, 0.3) is 0 Å². The monoisotopic (exact) mass is 328 g/mol. The molecule has 0 radical (unpaired) electrons. The molecule has 128 valence electrons. The van der Waals surface area contributed by atoms with Gasteiger partial charge >= 0.3 is 6.09 Å². The number of nitrogens with one attached hydrogen (secondary N) is 1. The molecule has 0 aromatic rings. The lowest BCUT2D eigenvalue weighted by atomic mass is 10.2. The molecule has 0 bridgehead atoms. The van der Waals surface area contributed by atoms with Crippen molar-refractivity contribution < 1.29 is 9.53 Å². The van der Waals surface area contributed by atoms with Crippen molar-refractivity contribution in [2.75, 3.05) is 18.8 Å². The lowest BCUT2D eigenvalue weighted by Gasteiger charge is -2.30. The highest BCUT2D eigenvalue weighted by atomic mass is 32.2. The van der Waals surface area contributed by atoms with Crippen LogP contribution in [-0.4, -0.2) is 52.8 Å². The van der Waals surface area contributed by atoms with Crippen molar-refractivity contribution in [1.29, 1.82) is 0 Å². The largest absolute Gasteiger partial charge is 0.444 e. The summed E-state index contributed by atoms with van der Waals surface area (Å²) in [5.41, 5.74) is -0.411. The van der Waals surface area contributed by atoms with Gasteiger partial charge < -0.3 is 15.0 Å². The molecular formula is C17H32N2O2S. The van der Waals surface area contributed by atoms with E-state index in [9.17, 15) is 4.79 Å². The lowest BCUT2D eigenvalue weighted by molar-refractivity contribution is 0.0225. The third-order valence-electron chi connectivity index (χ3n) is 4.45. The van der Waals surface area contributed by atoms with E-state index in [0.717, 1.165) is 31.2 Å². The molecule has 0 aromatic heterocycles. The Balaban J connectivity index is 1.82. The van der Waals surface area contributed by atoms with E-state index in [4.69, 9.17) is 4.74 Å². The molecule has 1 heterocycles. The van der Waals surface area contributed by atoms with Crippen LogP contribution in [0.4, 0.5) is 4.79 Å². The number of ether oxygens (including phenoxy) is 1. The molecule has 3 atom stereocenters. The van der Waals surface area contributed by atoms with E-state index in [-0.39, 0.29) is 6.09 Å². The number of hydrogen-bond acceptors (Lipinski definition) is 4. The molecule has 3 unspecified atom stereocenters. The van der Waals surface area contributed by atoms with Crippen LogP contribution in [0, 0.1) is 0 Å². The second-order valence-corrected chi connectivity index (χ2v) is 8.93. The highest BCUT2D eigenvalue weighted by Crippen LogP contribution is 2.30. The smallest absolute Gasteiger partial charge is 0.410 e. The van der Waals surface area contributed by atoms with Gasteiger partial charge in [-0.15, -0.1) is 0 Å². The Bertz CT molecular complexity index is 370. The molecule has 4 nitrogen and oxygen atoms in total. The van der Waals surface area contributed by atoms with Crippen molar-refractivity contribution in [2.24, 2.45) is 0 Å². The first kappa shape index (κ1) is 17.9. The molecule has 22 heavy (non-hydrogen) atoms. The van der Waals surface area contributed by atoms with Crippen molar-refractivity contribution in [3.8, 4) is 0 Å². The van der Waals surface area contributed by atoms with Crippen molar-refractivity contribution >= 4 is 17.9 Å². The highest BCUT2D eigenvalue weighted by Gasteiger charge is 2.33. The van der Waals surface area contributed by atoms with Gasteiger partial charge in [0.1, 0.15) is 5.60 Å². The predicted molar refractivity (Wildman–Crippen MR) is 93.5 cm³/mol. The summed E-state index contributed by atoms with van der Waals surface area (Å²) in [6.45, 7) is 9.77. The predicted octanol–water partition coefficient (Wildman–Crippen LogP) is 3.65. The number of rotatable bonds is 5. The number of thioether (sulfide) groups is 1. The number of carbonyl (C=O) groups is 1. The topological polar surface area (TPSA) is 41.6 Å². The molecule has 0 aromatic carbocycles. The second kappa shape index (κ2) is 7.91. The first-order valence-electron chi connectivity index (χ1n) is 8.75. The lowest BCUT2D eigenvalue weighted by Crippen LogP contribution is -2.47. The summed E-state index contributed by atoms with van der Waals surface area (Å²) < 4.78 is 5.54. The number of likely N-dealkylation sites (tertiary alicyclic amines) is 1. The van der Waals surface area contributed by atoms with Gasteiger partial charge in [-0.25, -0.2) is 4.79 Å². The zero-order chi connectivity index (χ0) is 16.2. The molecule has 0 spiro atoms. The Hall–Kier alpha value is -0.420. The third kappa shape index (κ3) is 5.05. The van der Waals surface area contributed by atoms with Crippen LogP contribution in [0.15, 0.2) is 0 Å². The van der Waals surface area contributed by atoms with Gasteiger partial charge in [0, 0.05) is 30.4 Å². The molecule has 1 N–H and O–H groups in total. The van der Waals surface area contributed by atoms with E-state index in [1.807, 2.05) is 25.7 Å². The van der Waals surface area contributed by atoms with Gasteiger partial charge in [-0.3, -0.25) is 0 Å². The molecule has 2 aliphatic rings. The van der Waals surface area contributed by atoms with Crippen LogP contribution in [0.1, 0.15) is 59.8 Å². The Morgan fingerprint density at radius 3 is 2.73 bits per heavy atom. The summed E-state index contributed by atoms with van der Waals surface area (Å²) >= 11 is 2.08. The number of nitrogens with zero attached hydrogens (tertiary/aromatic N) is 1. The maximum atomic E-state index is 12.3. The van der Waals surface area contributed by atoms with Crippen LogP contribution in [-0.2, 0) is 4.74 Å². The number of hydrogen-bond donors (Lipinski definition) is 1. The Kier molecular flexibility index (Phi) is 6.45. The first-order chi connectivity index (χ1) is 10.4. The maximum absolute atomic E-state index is 12.3. The fourth-order valence-corrected chi connectivity index (χ4v) is 4.70. The first-order valence-corrected chi connectivity index (χ1v) is 9.80. The minimum absolute atomic E-state index is 0.150. The summed E-state index contributed by atoms with van der Waals surface area (Å²) in [5.74, 6) is 1.19. The van der Waals surface area contributed by atoms with E-state index in [1.165, 1.54) is 25.0 Å². The van der Waals surface area contributed by atoms with Crippen LogP contribution in [0.5, 0.6) is 0 Å². The van der Waals surface area contributed by atoms with E-state index in [2.05, 4.69) is 24.0 Å². The SMILES string of the molecule is CCSC1CCCC1NCC1CCCN1C(=O)OC(C)(C)C. The van der Waals surface area contributed by atoms with E-state index < -0.39 is 5.60 Å². The van der Waals surface area contributed by atoms with Crippen molar-refractivity contribution in [3.63, 3.8) is 0 Å². The van der Waals surface area contributed by atoms with Gasteiger partial charge in [0.05, 0.1) is 0 Å².